The molecule has 0 spiro atoms. The van der Waals surface area contributed by atoms with Gasteiger partial charge in [0.1, 0.15) is 29.7 Å². The highest BCUT2D eigenvalue weighted by molar-refractivity contribution is 6.42. The minimum Gasteiger partial charge on any atom is -0.486 e. The smallest absolute Gasteiger partial charge is 0.326 e. The van der Waals surface area contributed by atoms with E-state index in [1.807, 2.05) is 68.4 Å². The quantitative estimate of drug-likeness (QED) is 0.120. The van der Waals surface area contributed by atoms with E-state index >= 15 is 0 Å². The third-order valence-corrected chi connectivity index (χ3v) is 13.1. The highest BCUT2D eigenvalue weighted by Gasteiger charge is 2.37. The number of fused-ring (bicyclic) bond motifs is 2. The Bertz CT molecular complexity index is 2390. The van der Waals surface area contributed by atoms with Gasteiger partial charge in [-0.05, 0) is 114 Å². The number of nitrogens with zero attached hydrogens (tertiary/aromatic N) is 3. The lowest BCUT2D eigenvalue weighted by molar-refractivity contribution is -0.143. The Labute approximate surface area is 367 Å². The Morgan fingerprint density at radius 2 is 1.74 bits per heavy atom. The predicted octanol–water partition coefficient (Wildman–Crippen LogP) is 9.35. The number of hydrogen-bond donors (Lipinski definition) is 2. The summed E-state index contributed by atoms with van der Waals surface area (Å²) < 4.78 is 18.7. The lowest BCUT2D eigenvalue weighted by Gasteiger charge is -2.40. The molecule has 8 rings (SSSR count). The van der Waals surface area contributed by atoms with Gasteiger partial charge in [-0.15, -0.1) is 0 Å². The Morgan fingerprint density at radius 3 is 2.43 bits per heavy atom. The van der Waals surface area contributed by atoms with Crippen LogP contribution in [0.5, 0.6) is 11.5 Å². The molecule has 0 unspecified atom stereocenters. The first-order valence-corrected chi connectivity index (χ1v) is 21.8. The van der Waals surface area contributed by atoms with Crippen LogP contribution >= 0.6 is 23.2 Å². The van der Waals surface area contributed by atoms with Gasteiger partial charge >= 0.3 is 5.97 Å². The summed E-state index contributed by atoms with van der Waals surface area (Å²) >= 11 is 12.5. The third kappa shape index (κ3) is 9.53. The average Bonchev–Trinajstić information content (AvgIpc) is 3.40. The van der Waals surface area contributed by atoms with Gasteiger partial charge in [0.05, 0.1) is 35.0 Å². The number of aliphatic carboxylic acids is 1. The number of rotatable bonds is 13. The van der Waals surface area contributed by atoms with Crippen LogP contribution in [0.2, 0.25) is 10.0 Å². The number of carboxylic acid groups (broad SMARTS) is 1. The van der Waals surface area contributed by atoms with E-state index in [9.17, 15) is 14.7 Å². The summed E-state index contributed by atoms with van der Waals surface area (Å²) in [6.07, 6.45) is 3.61. The number of anilines is 1. The van der Waals surface area contributed by atoms with Crippen molar-refractivity contribution in [3.63, 3.8) is 0 Å². The number of halogens is 2. The number of aryl methyl sites for hydroxylation is 1. The minimum atomic E-state index is -1.08. The summed E-state index contributed by atoms with van der Waals surface area (Å²) in [6, 6.07) is 26.3. The van der Waals surface area contributed by atoms with Crippen LogP contribution in [0.1, 0.15) is 71.0 Å². The van der Waals surface area contributed by atoms with Crippen LogP contribution in [0.3, 0.4) is 0 Å². The Balaban J connectivity index is 0.973. The molecule has 0 radical (unpaired) electrons. The van der Waals surface area contributed by atoms with Gasteiger partial charge in [0.25, 0.3) is 0 Å². The van der Waals surface area contributed by atoms with Gasteiger partial charge in [0, 0.05) is 57.3 Å². The molecule has 61 heavy (non-hydrogen) atoms. The van der Waals surface area contributed by atoms with E-state index in [1.165, 1.54) is 0 Å². The first-order chi connectivity index (χ1) is 29.4. The van der Waals surface area contributed by atoms with Crippen molar-refractivity contribution in [1.82, 2.24) is 15.2 Å². The number of aromatic nitrogens is 1. The van der Waals surface area contributed by atoms with Crippen LogP contribution in [0.15, 0.2) is 91.1 Å². The second kappa shape index (κ2) is 18.5. The Kier molecular flexibility index (Phi) is 12.9. The lowest BCUT2D eigenvalue weighted by atomic mass is 9.90. The van der Waals surface area contributed by atoms with E-state index in [2.05, 4.69) is 58.3 Å². The molecule has 3 aliphatic heterocycles. The van der Waals surface area contributed by atoms with E-state index in [0.29, 0.717) is 48.7 Å². The van der Waals surface area contributed by atoms with Crippen LogP contribution in [0.4, 0.5) is 5.69 Å². The molecule has 12 heteroatoms. The molecule has 318 valence electrons. The number of hydrogen-bond acceptors (Lipinski definition) is 8. The normalized spacial score (nSPS) is 18.8. The van der Waals surface area contributed by atoms with Crippen molar-refractivity contribution in [2.45, 2.75) is 77.3 Å². The topological polar surface area (TPSA) is 113 Å². The summed E-state index contributed by atoms with van der Waals surface area (Å²) in [4.78, 5) is 35.6. The summed E-state index contributed by atoms with van der Waals surface area (Å²) in [7, 11) is 2.07. The number of carbonyl (C=O) groups excluding carboxylic acids is 1. The van der Waals surface area contributed by atoms with E-state index in [1.54, 1.807) is 12.3 Å². The summed E-state index contributed by atoms with van der Waals surface area (Å²) in [6.45, 7) is 9.36. The molecule has 4 atom stereocenters. The number of benzene rings is 4. The Morgan fingerprint density at radius 1 is 0.967 bits per heavy atom. The van der Waals surface area contributed by atoms with Gasteiger partial charge in [-0.2, -0.15) is 0 Å². The summed E-state index contributed by atoms with van der Waals surface area (Å²) in [5.41, 5.74) is 10.2. The first kappa shape index (κ1) is 42.6. The zero-order chi connectivity index (χ0) is 42.8. The van der Waals surface area contributed by atoms with Crippen LogP contribution in [0.25, 0.3) is 11.1 Å². The molecule has 4 aromatic carbocycles. The largest absolute Gasteiger partial charge is 0.486 e. The molecular formula is C49H52Cl2N4O6. The number of carboxylic acids is 1. The molecule has 1 saturated heterocycles. The van der Waals surface area contributed by atoms with E-state index in [-0.39, 0.29) is 24.5 Å². The van der Waals surface area contributed by atoms with Gasteiger partial charge in [-0.1, -0.05) is 72.6 Å². The third-order valence-electron chi connectivity index (χ3n) is 12.4. The molecule has 2 N–H and O–H groups in total. The van der Waals surface area contributed by atoms with Crippen molar-refractivity contribution in [3.05, 3.63) is 140 Å². The molecule has 1 amide bonds. The highest BCUT2D eigenvalue weighted by atomic mass is 35.5. The van der Waals surface area contributed by atoms with Crippen molar-refractivity contribution in [2.75, 3.05) is 38.3 Å². The van der Waals surface area contributed by atoms with Gasteiger partial charge < -0.3 is 29.5 Å². The zero-order valence-corrected chi connectivity index (χ0v) is 36.5. The molecule has 1 aromatic heterocycles. The van der Waals surface area contributed by atoms with Crippen molar-refractivity contribution < 1.29 is 28.9 Å². The standard InChI is InChI=1S/C49H52Cl2N4O6/c1-5-45(35-12-15-40(50)41(51)21-35)60-38-13-10-34(11-14-38)46-17-19-54(4)43-22-36-23-44(55(25-32-27-59-28-32)26-37(36)24-47(43)61-46)48(56)53-42(49(57)58)20-31-6-8-33(9-7-31)39-16-18-52-30(3)29(39)2/h6-16,18,21-22,24,32,42,44-46H,5,17,19-20,23,25-28H2,1-4H3,(H,53,56)(H,57,58)/t42-,44-,45+,46+/m0/s1. The van der Waals surface area contributed by atoms with E-state index in [4.69, 9.17) is 37.4 Å². The second-order valence-corrected chi connectivity index (χ2v) is 17.4. The molecule has 3 aliphatic rings. The molecule has 0 aliphatic carbocycles. The molecular weight excluding hydrogens is 811 g/mol. The monoisotopic (exact) mass is 862 g/mol. The minimum absolute atomic E-state index is 0.167. The number of amides is 1. The summed E-state index contributed by atoms with van der Waals surface area (Å²) in [5.74, 6) is 0.507. The maximum absolute atomic E-state index is 14.2. The maximum atomic E-state index is 14.2. The molecule has 10 nitrogen and oxygen atoms in total. The molecule has 0 bridgehead atoms. The number of carbonyl (C=O) groups is 2. The van der Waals surface area contributed by atoms with Crippen molar-refractivity contribution in [2.24, 2.45) is 5.92 Å². The predicted molar refractivity (Wildman–Crippen MR) is 239 cm³/mol. The number of ether oxygens (including phenoxy) is 3. The van der Waals surface area contributed by atoms with Crippen molar-refractivity contribution in [3.8, 4) is 22.6 Å². The first-order valence-electron chi connectivity index (χ1n) is 21.1. The van der Waals surface area contributed by atoms with Gasteiger partial charge in [0.15, 0.2) is 0 Å². The Hall–Kier alpha value is -5.13. The number of pyridine rings is 1. The highest BCUT2D eigenvalue weighted by Crippen LogP contribution is 2.41. The van der Waals surface area contributed by atoms with E-state index in [0.717, 1.165) is 86.8 Å². The second-order valence-electron chi connectivity index (χ2n) is 16.6. The fraction of sp³-hybridized carbons (Fsp3) is 0.367. The van der Waals surface area contributed by atoms with Crippen LogP contribution in [-0.4, -0.2) is 72.3 Å². The van der Waals surface area contributed by atoms with Crippen LogP contribution in [-0.2, 0) is 33.7 Å². The average molecular weight is 864 g/mol. The fourth-order valence-corrected chi connectivity index (χ4v) is 8.91. The van der Waals surface area contributed by atoms with Gasteiger partial charge in [0.2, 0.25) is 5.91 Å². The fourth-order valence-electron chi connectivity index (χ4n) is 8.60. The number of nitrogens with one attached hydrogen (secondary N) is 1. The molecule has 4 heterocycles. The molecule has 0 saturated carbocycles. The summed E-state index contributed by atoms with van der Waals surface area (Å²) in [5, 5.41) is 14.3. The van der Waals surface area contributed by atoms with Gasteiger partial charge in [-0.25, -0.2) is 4.79 Å². The lowest BCUT2D eigenvalue weighted by Crippen LogP contribution is -2.56. The van der Waals surface area contributed by atoms with Gasteiger partial charge in [-0.3, -0.25) is 14.7 Å². The van der Waals surface area contributed by atoms with E-state index < -0.39 is 18.1 Å². The van der Waals surface area contributed by atoms with Crippen LogP contribution in [0, 0.1) is 19.8 Å². The van der Waals surface area contributed by atoms with Crippen molar-refractivity contribution >= 4 is 40.8 Å². The van der Waals surface area contributed by atoms with Crippen LogP contribution < -0.4 is 19.7 Å². The molecule has 1 fully saturated rings. The molecule has 5 aromatic rings. The maximum Gasteiger partial charge on any atom is 0.326 e. The SMILES string of the molecule is CC[C@@H](Oc1ccc([C@H]2CCN(C)c3cc4c(cc3O2)CN(CC2COC2)[C@H](C(=O)N[C@@H](Cc2ccc(-c3ccnc(C)c3C)cc2)C(=O)O)C4)cc1)c1ccc(Cl)c(Cl)c1. The zero-order valence-electron chi connectivity index (χ0n) is 35.0. The van der Waals surface area contributed by atoms with Crippen molar-refractivity contribution in [1.29, 1.82) is 0 Å².